The molecule has 0 spiro atoms. The number of carbonyl (C=O) groups is 2. The summed E-state index contributed by atoms with van der Waals surface area (Å²) in [7, 11) is 3.24. The third kappa shape index (κ3) is 8.42. The van der Waals surface area contributed by atoms with E-state index >= 15 is 0 Å². The number of hydrogen-bond donors (Lipinski definition) is 2. The number of aryl methyl sites for hydroxylation is 1. The number of benzene rings is 2. The zero-order valence-electron chi connectivity index (χ0n) is 26.5. The zero-order valence-corrected chi connectivity index (χ0v) is 26.5. The molecule has 1 saturated heterocycles. The van der Waals surface area contributed by atoms with E-state index in [0.717, 1.165) is 17.5 Å². The van der Waals surface area contributed by atoms with Crippen LogP contribution >= 0.6 is 0 Å². The standard InChI is InChI=1S/C33H41N5O8/c1-22-16-38(33(42)35-32(22)41)20-31(40)37-12-10-27-26(18-37)34-30(39)19-36(11-5-13-43-2)17-23-8-9-28(44-3)29(15-23)46-25-7-4-6-24(14-25)21-45-27/h4,6-9,14-16,26-27H,5,10-13,17-21H2,1-3H3,(H,34,39)(H,35,41,42)/t26-,27+/m0/s1. The minimum absolute atomic E-state index is 0.119. The Labute approximate surface area is 267 Å². The molecule has 246 valence electrons. The molecule has 2 atom stereocenters. The van der Waals surface area contributed by atoms with Crippen molar-refractivity contribution in [2.24, 2.45) is 0 Å². The molecule has 2 amide bonds. The Bertz CT molecular complexity index is 1650. The van der Waals surface area contributed by atoms with E-state index in [9.17, 15) is 19.2 Å². The van der Waals surface area contributed by atoms with Crippen molar-refractivity contribution < 1.29 is 28.5 Å². The summed E-state index contributed by atoms with van der Waals surface area (Å²) < 4.78 is 24.6. The Balaban J connectivity index is 1.39. The minimum Gasteiger partial charge on any atom is -0.493 e. The van der Waals surface area contributed by atoms with Crippen molar-refractivity contribution in [3.05, 3.63) is 86.2 Å². The summed E-state index contributed by atoms with van der Waals surface area (Å²) in [4.78, 5) is 56.9. The molecular weight excluding hydrogens is 594 g/mol. The average Bonchev–Trinajstić information content (AvgIpc) is 3.03. The molecule has 13 heteroatoms. The molecule has 1 aromatic heterocycles. The molecule has 1 fully saturated rings. The van der Waals surface area contributed by atoms with Gasteiger partial charge in [-0.15, -0.1) is 0 Å². The Hall–Kier alpha value is -4.46. The van der Waals surface area contributed by atoms with Crippen LogP contribution in [0.1, 0.15) is 29.5 Å². The summed E-state index contributed by atoms with van der Waals surface area (Å²) in [6.45, 7) is 3.99. The molecule has 46 heavy (non-hydrogen) atoms. The monoisotopic (exact) mass is 635 g/mol. The van der Waals surface area contributed by atoms with Crippen molar-refractivity contribution in [2.75, 3.05) is 47.0 Å². The lowest BCUT2D eigenvalue weighted by Gasteiger charge is -2.39. The number of nitrogens with zero attached hydrogens (tertiary/aromatic N) is 3. The topological polar surface area (TPSA) is 144 Å². The van der Waals surface area contributed by atoms with Crippen LogP contribution in [0.5, 0.6) is 17.2 Å². The predicted octanol–water partition coefficient (Wildman–Crippen LogP) is 1.80. The second-order valence-corrected chi connectivity index (χ2v) is 11.6. The van der Waals surface area contributed by atoms with E-state index in [0.29, 0.717) is 55.5 Å². The van der Waals surface area contributed by atoms with Gasteiger partial charge >= 0.3 is 5.69 Å². The van der Waals surface area contributed by atoms with Gasteiger partial charge in [-0.05, 0) is 55.2 Å². The quantitative estimate of drug-likeness (QED) is 0.372. The normalized spacial score (nSPS) is 19.1. The molecule has 3 heterocycles. The van der Waals surface area contributed by atoms with E-state index in [1.807, 2.05) is 47.4 Å². The van der Waals surface area contributed by atoms with E-state index in [1.54, 1.807) is 26.0 Å². The maximum absolute atomic E-state index is 13.6. The van der Waals surface area contributed by atoms with Crippen LogP contribution in [0.15, 0.2) is 58.3 Å². The summed E-state index contributed by atoms with van der Waals surface area (Å²) in [5, 5.41) is 3.14. The lowest BCUT2D eigenvalue weighted by Crippen LogP contribution is -2.58. The largest absolute Gasteiger partial charge is 0.493 e. The van der Waals surface area contributed by atoms with Gasteiger partial charge in [0.25, 0.3) is 5.56 Å². The van der Waals surface area contributed by atoms with E-state index in [1.165, 1.54) is 10.8 Å². The summed E-state index contributed by atoms with van der Waals surface area (Å²) in [6.07, 6.45) is 2.23. The number of aromatic amines is 1. The van der Waals surface area contributed by atoms with Crippen molar-refractivity contribution in [3.63, 3.8) is 0 Å². The molecule has 0 saturated carbocycles. The molecular formula is C33H41N5O8. The number of piperidine rings is 1. The maximum Gasteiger partial charge on any atom is 0.328 e. The van der Waals surface area contributed by atoms with Gasteiger partial charge in [-0.25, -0.2) is 4.79 Å². The number of aromatic nitrogens is 2. The summed E-state index contributed by atoms with van der Waals surface area (Å²) in [5.41, 5.74) is 1.04. The number of carbonyl (C=O) groups excluding carboxylic acids is 2. The van der Waals surface area contributed by atoms with E-state index in [2.05, 4.69) is 10.3 Å². The van der Waals surface area contributed by atoms with E-state index < -0.39 is 17.3 Å². The van der Waals surface area contributed by atoms with Crippen LogP contribution in [0, 0.1) is 6.92 Å². The van der Waals surface area contributed by atoms with Crippen LogP contribution in [0.2, 0.25) is 0 Å². The number of likely N-dealkylation sites (tertiary alicyclic amines) is 1. The number of H-pyrrole nitrogens is 1. The molecule has 4 bridgehead atoms. The number of methoxy groups -OCH3 is 2. The highest BCUT2D eigenvalue weighted by Gasteiger charge is 2.34. The molecule has 3 aromatic rings. The number of amides is 2. The molecule has 0 radical (unpaired) electrons. The maximum atomic E-state index is 13.6. The third-order valence-corrected chi connectivity index (χ3v) is 8.16. The Morgan fingerprint density at radius 3 is 2.72 bits per heavy atom. The molecule has 5 rings (SSSR count). The SMILES string of the molecule is COCCCN1CC(=O)N[C@H]2CN(C(=O)Cn3cc(C)c(=O)[nH]c3=O)CC[C@H]2OCc2cccc(c2)Oc2cc(ccc2OC)C1. The molecule has 2 aliphatic rings. The number of ether oxygens (including phenoxy) is 4. The first-order valence-corrected chi connectivity index (χ1v) is 15.4. The van der Waals surface area contributed by atoms with Gasteiger partial charge < -0.3 is 29.2 Å². The van der Waals surface area contributed by atoms with Gasteiger partial charge in [-0.2, -0.15) is 0 Å². The van der Waals surface area contributed by atoms with Gasteiger partial charge in [0.05, 0.1) is 32.4 Å². The Kier molecular flexibility index (Phi) is 10.9. The fourth-order valence-electron chi connectivity index (χ4n) is 5.77. The molecule has 2 aliphatic heterocycles. The Morgan fingerprint density at radius 2 is 1.91 bits per heavy atom. The Morgan fingerprint density at radius 1 is 1.07 bits per heavy atom. The number of hydrogen-bond acceptors (Lipinski definition) is 9. The van der Waals surface area contributed by atoms with Gasteiger partial charge in [-0.3, -0.25) is 28.8 Å². The third-order valence-electron chi connectivity index (χ3n) is 8.16. The second-order valence-electron chi connectivity index (χ2n) is 11.6. The van der Waals surface area contributed by atoms with Gasteiger partial charge in [0.2, 0.25) is 11.8 Å². The smallest absolute Gasteiger partial charge is 0.328 e. The number of nitrogens with one attached hydrogen (secondary N) is 2. The minimum atomic E-state index is -0.649. The van der Waals surface area contributed by atoms with E-state index in [-0.39, 0.29) is 44.2 Å². The predicted molar refractivity (Wildman–Crippen MR) is 169 cm³/mol. The van der Waals surface area contributed by atoms with Gasteiger partial charge in [0, 0.05) is 51.7 Å². The van der Waals surface area contributed by atoms with Gasteiger partial charge in [0.1, 0.15) is 12.3 Å². The summed E-state index contributed by atoms with van der Waals surface area (Å²) >= 11 is 0. The van der Waals surface area contributed by atoms with Crippen LogP contribution in [0.3, 0.4) is 0 Å². The van der Waals surface area contributed by atoms with Crippen LogP contribution in [0.4, 0.5) is 0 Å². The van der Waals surface area contributed by atoms with Crippen LogP contribution < -0.4 is 26.0 Å². The molecule has 2 aromatic carbocycles. The fraction of sp³-hybridized carbons (Fsp3) is 0.455. The highest BCUT2D eigenvalue weighted by molar-refractivity contribution is 5.79. The van der Waals surface area contributed by atoms with Gasteiger partial charge in [-0.1, -0.05) is 18.2 Å². The first-order valence-electron chi connectivity index (χ1n) is 15.4. The molecule has 13 nitrogen and oxygen atoms in total. The van der Waals surface area contributed by atoms with Crippen molar-refractivity contribution >= 4 is 11.8 Å². The van der Waals surface area contributed by atoms with Crippen molar-refractivity contribution in [1.29, 1.82) is 0 Å². The first-order chi connectivity index (χ1) is 22.2. The highest BCUT2D eigenvalue weighted by atomic mass is 16.5. The summed E-state index contributed by atoms with van der Waals surface area (Å²) in [6, 6.07) is 12.9. The molecule has 0 unspecified atom stereocenters. The number of fused-ring (bicyclic) bond motifs is 5. The number of rotatable bonds is 7. The lowest BCUT2D eigenvalue weighted by atomic mass is 10.0. The van der Waals surface area contributed by atoms with Crippen LogP contribution in [0.25, 0.3) is 0 Å². The first kappa shape index (κ1) is 32.9. The highest BCUT2D eigenvalue weighted by Crippen LogP contribution is 2.33. The van der Waals surface area contributed by atoms with Crippen LogP contribution in [-0.2, 0) is 38.8 Å². The second kappa shape index (κ2) is 15.2. The zero-order chi connectivity index (χ0) is 32.6. The van der Waals surface area contributed by atoms with E-state index in [4.69, 9.17) is 18.9 Å². The average molecular weight is 636 g/mol. The van der Waals surface area contributed by atoms with Crippen molar-refractivity contribution in [3.8, 4) is 17.2 Å². The summed E-state index contributed by atoms with van der Waals surface area (Å²) in [5.74, 6) is 1.31. The van der Waals surface area contributed by atoms with Crippen molar-refractivity contribution in [2.45, 2.75) is 51.6 Å². The van der Waals surface area contributed by atoms with Gasteiger partial charge in [0.15, 0.2) is 11.5 Å². The lowest BCUT2D eigenvalue weighted by molar-refractivity contribution is -0.138. The van der Waals surface area contributed by atoms with Crippen LogP contribution in [-0.4, -0.2) is 90.3 Å². The fourth-order valence-corrected chi connectivity index (χ4v) is 5.77. The molecule has 0 aliphatic carbocycles. The molecule has 2 N–H and O–H groups in total. The van der Waals surface area contributed by atoms with Crippen molar-refractivity contribution in [1.82, 2.24) is 24.7 Å².